The highest BCUT2D eigenvalue weighted by atomic mass is 35.5. The van der Waals surface area contributed by atoms with Gasteiger partial charge in [-0.05, 0) is 11.6 Å². The molecule has 0 aliphatic carbocycles. The molecule has 0 fully saturated rings. The highest BCUT2D eigenvalue weighted by Crippen LogP contribution is 2.36. The number of carbonyl (C=O) groups is 1. The molecule has 0 radical (unpaired) electrons. The summed E-state index contributed by atoms with van der Waals surface area (Å²) in [6.45, 7) is 1.24. The van der Waals surface area contributed by atoms with Crippen molar-refractivity contribution in [3.05, 3.63) is 28.5 Å². The number of hydrogen-bond donors (Lipinski definition) is 2. The molecule has 4 nitrogen and oxygen atoms in total. The Kier molecular flexibility index (Phi) is 5.81. The van der Waals surface area contributed by atoms with Crippen molar-refractivity contribution in [3.63, 3.8) is 0 Å². The van der Waals surface area contributed by atoms with Crippen LogP contribution in [0.5, 0.6) is 0 Å². The van der Waals surface area contributed by atoms with Gasteiger partial charge in [0.15, 0.2) is 5.12 Å². The van der Waals surface area contributed by atoms with Crippen molar-refractivity contribution in [1.82, 2.24) is 4.98 Å². The number of nitrogens with zero attached hydrogens (tertiary/aromatic N) is 1. The topological polar surface area (TPSA) is 70.4 Å². The quantitative estimate of drug-likeness (QED) is 0.830. The Bertz CT molecular complexity index is 498. The van der Waals surface area contributed by atoms with Crippen molar-refractivity contribution in [2.75, 3.05) is 5.75 Å². The van der Waals surface area contributed by atoms with Gasteiger partial charge in [-0.2, -0.15) is 13.2 Å². The van der Waals surface area contributed by atoms with Crippen molar-refractivity contribution < 1.29 is 28.2 Å². The Hall–Kier alpha value is -0.830. The molecule has 0 bridgehead atoms. The lowest BCUT2D eigenvalue weighted by atomic mass is 10.0. The summed E-state index contributed by atoms with van der Waals surface area (Å²) in [5.74, 6) is -0.228. The lowest BCUT2D eigenvalue weighted by Crippen LogP contribution is -2.24. The minimum Gasteiger partial charge on any atom is -0.389 e. The van der Waals surface area contributed by atoms with E-state index in [0.29, 0.717) is 18.0 Å². The van der Waals surface area contributed by atoms with E-state index in [2.05, 4.69) is 4.98 Å². The third kappa shape index (κ3) is 4.62. The number of alkyl halides is 3. The minimum atomic E-state index is -4.73. The molecule has 0 amide bonds. The first-order valence-electron chi connectivity index (χ1n) is 5.35. The maximum absolute atomic E-state index is 12.8. The SMILES string of the molecule is CC(=O)SCC(O)C(O)c1cc(Cl)ncc1C(F)(F)F. The van der Waals surface area contributed by atoms with Gasteiger partial charge in [0.25, 0.3) is 0 Å². The molecule has 0 aliphatic rings. The summed E-state index contributed by atoms with van der Waals surface area (Å²) in [5, 5.41) is 18.9. The van der Waals surface area contributed by atoms with Crippen LogP contribution in [0.2, 0.25) is 5.15 Å². The second-order valence-electron chi connectivity index (χ2n) is 3.91. The standard InChI is InChI=1S/C11H11ClF3NO3S/c1-5(17)20-4-8(18)10(19)6-2-9(12)16-3-7(6)11(13,14)15/h2-3,8,10,18-19H,4H2,1H3. The summed E-state index contributed by atoms with van der Waals surface area (Å²) in [4.78, 5) is 14.1. The zero-order chi connectivity index (χ0) is 15.5. The number of hydrogen-bond acceptors (Lipinski definition) is 5. The van der Waals surface area contributed by atoms with Gasteiger partial charge in [0, 0.05) is 18.9 Å². The van der Waals surface area contributed by atoms with Gasteiger partial charge in [-0.3, -0.25) is 4.79 Å². The second kappa shape index (κ2) is 6.75. The molecule has 1 rings (SSSR count). The molecular formula is C11H11ClF3NO3S. The van der Waals surface area contributed by atoms with Gasteiger partial charge in [0.2, 0.25) is 0 Å². The number of thioether (sulfide) groups is 1. The molecule has 0 aromatic carbocycles. The molecule has 2 atom stereocenters. The summed E-state index contributed by atoms with van der Waals surface area (Å²) in [7, 11) is 0. The number of carbonyl (C=O) groups excluding carboxylic acids is 1. The number of halogens is 4. The summed E-state index contributed by atoms with van der Waals surface area (Å²) in [6.07, 6.45) is -7.60. The van der Waals surface area contributed by atoms with Crippen LogP contribution in [0.1, 0.15) is 24.2 Å². The Morgan fingerprint density at radius 2 is 2.10 bits per heavy atom. The van der Waals surface area contributed by atoms with E-state index in [4.69, 9.17) is 11.6 Å². The van der Waals surface area contributed by atoms with E-state index in [0.717, 1.165) is 6.07 Å². The Morgan fingerprint density at radius 3 is 2.60 bits per heavy atom. The third-order valence-electron chi connectivity index (χ3n) is 2.35. The van der Waals surface area contributed by atoms with Crippen molar-refractivity contribution in [2.45, 2.75) is 25.3 Å². The maximum Gasteiger partial charge on any atom is 0.418 e. The average Bonchev–Trinajstić information content (AvgIpc) is 2.33. The van der Waals surface area contributed by atoms with E-state index in [1.54, 1.807) is 0 Å². The smallest absolute Gasteiger partial charge is 0.389 e. The molecule has 2 N–H and O–H groups in total. The fourth-order valence-corrected chi connectivity index (χ4v) is 2.18. The molecular weight excluding hydrogens is 319 g/mol. The third-order valence-corrected chi connectivity index (χ3v) is 3.47. The average molecular weight is 330 g/mol. The summed E-state index contributed by atoms with van der Waals surface area (Å²) >= 11 is 6.21. The van der Waals surface area contributed by atoms with Gasteiger partial charge in [-0.15, -0.1) is 0 Å². The fourth-order valence-electron chi connectivity index (χ4n) is 1.43. The number of pyridine rings is 1. The van der Waals surface area contributed by atoms with Crippen LogP contribution in [-0.4, -0.2) is 32.2 Å². The lowest BCUT2D eigenvalue weighted by molar-refractivity contribution is -0.140. The number of aliphatic hydroxyl groups excluding tert-OH is 2. The molecule has 1 heterocycles. The summed E-state index contributed by atoms with van der Waals surface area (Å²) < 4.78 is 38.3. The van der Waals surface area contributed by atoms with E-state index < -0.39 is 29.5 Å². The van der Waals surface area contributed by atoms with Crippen LogP contribution in [0.25, 0.3) is 0 Å². The molecule has 0 spiro atoms. The zero-order valence-corrected chi connectivity index (χ0v) is 11.8. The predicted octanol–water partition coefficient (Wildman–Crippen LogP) is 2.43. The van der Waals surface area contributed by atoms with Crippen LogP contribution < -0.4 is 0 Å². The van der Waals surface area contributed by atoms with Gasteiger partial charge in [-0.1, -0.05) is 23.4 Å². The van der Waals surface area contributed by atoms with E-state index in [1.165, 1.54) is 6.92 Å². The van der Waals surface area contributed by atoms with Crippen LogP contribution in [0.4, 0.5) is 13.2 Å². The highest BCUT2D eigenvalue weighted by molar-refractivity contribution is 8.13. The first-order valence-corrected chi connectivity index (χ1v) is 6.71. The Balaban J connectivity index is 3.04. The van der Waals surface area contributed by atoms with E-state index in [-0.39, 0.29) is 16.0 Å². The first kappa shape index (κ1) is 17.2. The summed E-state index contributed by atoms with van der Waals surface area (Å²) in [6, 6.07) is 0.844. The van der Waals surface area contributed by atoms with Crippen LogP contribution in [0.15, 0.2) is 12.3 Å². The van der Waals surface area contributed by atoms with E-state index in [1.807, 2.05) is 0 Å². The van der Waals surface area contributed by atoms with Gasteiger partial charge in [0.1, 0.15) is 11.3 Å². The number of aliphatic hydroxyl groups is 2. The molecule has 9 heteroatoms. The largest absolute Gasteiger partial charge is 0.418 e. The molecule has 1 aromatic rings. The van der Waals surface area contributed by atoms with Crippen molar-refractivity contribution >= 4 is 28.5 Å². The molecule has 0 saturated heterocycles. The Morgan fingerprint density at radius 1 is 1.50 bits per heavy atom. The predicted molar refractivity (Wildman–Crippen MR) is 68.4 cm³/mol. The number of rotatable bonds is 4. The molecule has 1 aromatic heterocycles. The normalized spacial score (nSPS) is 14.9. The number of aromatic nitrogens is 1. The zero-order valence-electron chi connectivity index (χ0n) is 10.2. The van der Waals surface area contributed by atoms with Gasteiger partial charge < -0.3 is 10.2 Å². The first-order chi connectivity index (χ1) is 9.12. The maximum atomic E-state index is 12.8. The van der Waals surface area contributed by atoms with Crippen molar-refractivity contribution in [3.8, 4) is 0 Å². The summed E-state index contributed by atoms with van der Waals surface area (Å²) in [5.41, 5.74) is -1.75. The molecule has 112 valence electrons. The Labute approximate surface area is 122 Å². The van der Waals surface area contributed by atoms with Crippen LogP contribution in [-0.2, 0) is 11.0 Å². The molecule has 0 saturated carbocycles. The molecule has 0 aliphatic heterocycles. The van der Waals surface area contributed by atoms with Crippen LogP contribution in [0, 0.1) is 0 Å². The molecule has 2 unspecified atom stereocenters. The van der Waals surface area contributed by atoms with E-state index >= 15 is 0 Å². The van der Waals surface area contributed by atoms with Gasteiger partial charge >= 0.3 is 6.18 Å². The molecule has 20 heavy (non-hydrogen) atoms. The minimum absolute atomic E-state index is 0.228. The fraction of sp³-hybridized carbons (Fsp3) is 0.455. The van der Waals surface area contributed by atoms with E-state index in [9.17, 15) is 28.2 Å². The lowest BCUT2D eigenvalue weighted by Gasteiger charge is -2.21. The van der Waals surface area contributed by atoms with Crippen LogP contribution >= 0.6 is 23.4 Å². The van der Waals surface area contributed by atoms with Crippen LogP contribution in [0.3, 0.4) is 0 Å². The van der Waals surface area contributed by atoms with Gasteiger partial charge in [0.05, 0.1) is 11.7 Å². The van der Waals surface area contributed by atoms with Gasteiger partial charge in [-0.25, -0.2) is 4.98 Å². The van der Waals surface area contributed by atoms with Crippen molar-refractivity contribution in [2.24, 2.45) is 0 Å². The monoisotopic (exact) mass is 329 g/mol. The van der Waals surface area contributed by atoms with Crippen molar-refractivity contribution in [1.29, 1.82) is 0 Å². The highest BCUT2D eigenvalue weighted by Gasteiger charge is 2.37. The second-order valence-corrected chi connectivity index (χ2v) is 5.49.